The first kappa shape index (κ1) is 51.5. The van der Waals surface area contributed by atoms with Gasteiger partial charge in [0.25, 0.3) is 0 Å². The van der Waals surface area contributed by atoms with Gasteiger partial charge >= 0.3 is 19.8 Å². The van der Waals surface area contributed by atoms with Crippen LogP contribution in [0.15, 0.2) is 24.3 Å². The number of hydrogen-bond acceptors (Lipinski definition) is 8. The van der Waals surface area contributed by atoms with Crippen LogP contribution in [0.2, 0.25) is 0 Å². The molecule has 0 rings (SSSR count). The molecule has 0 saturated carbocycles. The van der Waals surface area contributed by atoms with Crippen molar-refractivity contribution in [2.45, 2.75) is 213 Å². The van der Waals surface area contributed by atoms with Gasteiger partial charge < -0.3 is 20.1 Å². The fourth-order valence-electron chi connectivity index (χ4n) is 6.08. The minimum absolute atomic E-state index is 0.0525. The first-order valence-electron chi connectivity index (χ1n) is 21.8. The highest BCUT2D eigenvalue weighted by molar-refractivity contribution is 7.47. The Labute approximate surface area is 325 Å². The summed E-state index contributed by atoms with van der Waals surface area (Å²) in [4.78, 5) is 34.9. The van der Waals surface area contributed by atoms with Crippen molar-refractivity contribution >= 4 is 19.8 Å². The van der Waals surface area contributed by atoms with Gasteiger partial charge in [0, 0.05) is 19.4 Å². The van der Waals surface area contributed by atoms with Crippen LogP contribution in [-0.2, 0) is 32.7 Å². The molecule has 2 unspecified atom stereocenters. The van der Waals surface area contributed by atoms with Crippen LogP contribution < -0.4 is 5.73 Å². The monoisotopic (exact) mass is 772 g/mol. The van der Waals surface area contributed by atoms with Gasteiger partial charge in [0.05, 0.1) is 13.2 Å². The van der Waals surface area contributed by atoms with Crippen molar-refractivity contribution in [2.75, 3.05) is 26.4 Å². The van der Waals surface area contributed by atoms with Crippen LogP contribution in [0.25, 0.3) is 0 Å². The number of carbonyl (C=O) groups is 2. The average molecular weight is 772 g/mol. The molecule has 9 nitrogen and oxygen atoms in total. The van der Waals surface area contributed by atoms with Crippen LogP contribution in [0.1, 0.15) is 206 Å². The van der Waals surface area contributed by atoms with E-state index in [1.807, 2.05) is 0 Å². The molecular formula is C43H82NO8P. The molecule has 0 amide bonds. The lowest BCUT2D eigenvalue weighted by Crippen LogP contribution is -2.29. The van der Waals surface area contributed by atoms with Gasteiger partial charge in [-0.3, -0.25) is 18.6 Å². The van der Waals surface area contributed by atoms with E-state index < -0.39 is 26.5 Å². The lowest BCUT2D eigenvalue weighted by molar-refractivity contribution is -0.161. The van der Waals surface area contributed by atoms with Crippen molar-refractivity contribution in [3.8, 4) is 0 Å². The Hall–Kier alpha value is -1.51. The summed E-state index contributed by atoms with van der Waals surface area (Å²) in [5, 5.41) is 0. The van der Waals surface area contributed by atoms with Gasteiger partial charge in [-0.25, -0.2) is 4.57 Å². The first-order chi connectivity index (χ1) is 25.8. The van der Waals surface area contributed by atoms with E-state index in [0.29, 0.717) is 6.42 Å². The Balaban J connectivity index is 4.15. The fourth-order valence-corrected chi connectivity index (χ4v) is 6.84. The third-order valence-corrected chi connectivity index (χ3v) is 10.3. The molecule has 0 aliphatic carbocycles. The van der Waals surface area contributed by atoms with E-state index in [4.69, 9.17) is 24.3 Å². The van der Waals surface area contributed by atoms with Crippen LogP contribution in [-0.4, -0.2) is 49.3 Å². The van der Waals surface area contributed by atoms with Gasteiger partial charge in [-0.15, -0.1) is 0 Å². The Kier molecular flexibility index (Phi) is 39.0. The summed E-state index contributed by atoms with van der Waals surface area (Å²) in [5.41, 5.74) is 5.34. The molecule has 312 valence electrons. The molecule has 0 aromatic carbocycles. The first-order valence-corrected chi connectivity index (χ1v) is 23.3. The Morgan fingerprint density at radius 3 is 1.45 bits per heavy atom. The van der Waals surface area contributed by atoms with E-state index in [1.165, 1.54) is 116 Å². The number of carbonyl (C=O) groups excluding carboxylic acids is 2. The number of rotatable bonds is 41. The summed E-state index contributed by atoms with van der Waals surface area (Å²) < 4.78 is 32.8. The molecular weight excluding hydrogens is 689 g/mol. The predicted octanol–water partition coefficient (Wildman–Crippen LogP) is 12.4. The van der Waals surface area contributed by atoms with Gasteiger partial charge in [-0.1, -0.05) is 173 Å². The predicted molar refractivity (Wildman–Crippen MR) is 220 cm³/mol. The number of phosphoric ester groups is 1. The van der Waals surface area contributed by atoms with Crippen LogP contribution in [0.4, 0.5) is 0 Å². The van der Waals surface area contributed by atoms with Gasteiger partial charge in [0.1, 0.15) is 6.61 Å². The molecule has 53 heavy (non-hydrogen) atoms. The largest absolute Gasteiger partial charge is 0.472 e. The number of ether oxygens (including phenoxy) is 2. The van der Waals surface area contributed by atoms with Crippen molar-refractivity contribution in [1.29, 1.82) is 0 Å². The summed E-state index contributed by atoms with van der Waals surface area (Å²) in [7, 11) is -4.38. The minimum atomic E-state index is -4.38. The van der Waals surface area contributed by atoms with E-state index in [1.54, 1.807) is 0 Å². The van der Waals surface area contributed by atoms with E-state index in [9.17, 15) is 19.0 Å². The summed E-state index contributed by atoms with van der Waals surface area (Å²) in [5.74, 6) is -0.837. The zero-order chi connectivity index (χ0) is 38.9. The number of allylic oxidation sites excluding steroid dienone is 4. The van der Waals surface area contributed by atoms with Crippen molar-refractivity contribution < 1.29 is 37.6 Å². The normalized spacial score (nSPS) is 13.5. The highest BCUT2D eigenvalue weighted by Gasteiger charge is 2.26. The second kappa shape index (κ2) is 40.2. The Morgan fingerprint density at radius 2 is 0.981 bits per heavy atom. The lowest BCUT2D eigenvalue weighted by atomic mass is 10.0. The van der Waals surface area contributed by atoms with E-state index in [0.717, 1.165) is 57.8 Å². The van der Waals surface area contributed by atoms with Crippen LogP contribution in [0.5, 0.6) is 0 Å². The molecule has 3 N–H and O–H groups in total. The van der Waals surface area contributed by atoms with Gasteiger partial charge in [-0.2, -0.15) is 0 Å². The molecule has 10 heteroatoms. The molecule has 0 heterocycles. The molecule has 0 aromatic heterocycles. The number of nitrogens with two attached hydrogens (primary N) is 1. The summed E-state index contributed by atoms with van der Waals surface area (Å²) in [6, 6.07) is 0. The van der Waals surface area contributed by atoms with Crippen molar-refractivity contribution in [3.63, 3.8) is 0 Å². The number of unbranched alkanes of at least 4 members (excludes halogenated alkanes) is 24. The quantitative estimate of drug-likeness (QED) is 0.0269. The SMILES string of the molecule is CCCCCC/C=C\C/C=C\CCCCCCCC(=O)OC(COC(=O)CCCCCCCCCCCCCCCCCC)COP(=O)(O)OCCN. The topological polar surface area (TPSA) is 134 Å². The third kappa shape index (κ3) is 40.0. The van der Waals surface area contributed by atoms with Crippen LogP contribution in [0.3, 0.4) is 0 Å². The van der Waals surface area contributed by atoms with Crippen molar-refractivity contribution in [3.05, 3.63) is 24.3 Å². The van der Waals surface area contributed by atoms with E-state index in [2.05, 4.69) is 38.2 Å². The van der Waals surface area contributed by atoms with Crippen LogP contribution in [0, 0.1) is 0 Å². The molecule has 0 aliphatic rings. The molecule has 0 saturated heterocycles. The highest BCUT2D eigenvalue weighted by Crippen LogP contribution is 2.43. The maximum Gasteiger partial charge on any atom is 0.472 e. The molecule has 0 fully saturated rings. The van der Waals surface area contributed by atoms with E-state index >= 15 is 0 Å². The molecule has 0 radical (unpaired) electrons. The van der Waals surface area contributed by atoms with E-state index in [-0.39, 0.29) is 38.6 Å². The Morgan fingerprint density at radius 1 is 0.566 bits per heavy atom. The molecule has 0 aromatic rings. The minimum Gasteiger partial charge on any atom is -0.462 e. The standard InChI is InChI=1S/C43H82NO8P/c1-3-5-7-9-11-13-15-17-19-21-23-25-27-29-31-33-35-42(45)49-39-41(40-51-53(47,48)50-38-37-44)52-43(46)36-34-32-30-28-26-24-22-20-18-16-14-12-10-8-6-4-2/h14,16,20,22,41H,3-13,15,17-19,21,23-40,44H2,1-2H3,(H,47,48)/b16-14-,22-20-. The zero-order valence-electron chi connectivity index (χ0n) is 34.3. The number of hydrogen-bond donors (Lipinski definition) is 2. The number of phosphoric acid groups is 1. The fraction of sp³-hybridized carbons (Fsp3) is 0.860. The van der Waals surface area contributed by atoms with Crippen molar-refractivity contribution in [2.24, 2.45) is 5.73 Å². The molecule has 0 aliphatic heterocycles. The second-order valence-corrected chi connectivity index (χ2v) is 16.0. The van der Waals surface area contributed by atoms with Gasteiger partial charge in [-0.05, 0) is 44.9 Å². The van der Waals surface area contributed by atoms with Gasteiger partial charge in [0.2, 0.25) is 0 Å². The zero-order valence-corrected chi connectivity index (χ0v) is 35.2. The third-order valence-electron chi connectivity index (χ3n) is 9.34. The van der Waals surface area contributed by atoms with Crippen molar-refractivity contribution in [1.82, 2.24) is 0 Å². The summed E-state index contributed by atoms with van der Waals surface area (Å²) in [6.07, 6.45) is 42.0. The van der Waals surface area contributed by atoms with Gasteiger partial charge in [0.15, 0.2) is 6.10 Å². The second-order valence-electron chi connectivity index (χ2n) is 14.6. The maximum atomic E-state index is 12.6. The average Bonchev–Trinajstić information content (AvgIpc) is 3.14. The summed E-state index contributed by atoms with van der Waals surface area (Å²) in [6.45, 7) is 3.72. The lowest BCUT2D eigenvalue weighted by Gasteiger charge is -2.19. The maximum absolute atomic E-state index is 12.6. The Bertz CT molecular complexity index is 928. The number of esters is 2. The molecule has 0 bridgehead atoms. The smallest absolute Gasteiger partial charge is 0.462 e. The molecule has 0 spiro atoms. The highest BCUT2D eigenvalue weighted by atomic mass is 31.2. The summed E-state index contributed by atoms with van der Waals surface area (Å²) >= 11 is 0. The van der Waals surface area contributed by atoms with Crippen LogP contribution >= 0.6 is 7.82 Å². The molecule has 2 atom stereocenters.